The van der Waals surface area contributed by atoms with Crippen LogP contribution in [-0.2, 0) is 4.74 Å². The van der Waals surface area contributed by atoms with Crippen molar-refractivity contribution in [1.82, 2.24) is 10.2 Å². The summed E-state index contributed by atoms with van der Waals surface area (Å²) >= 11 is 0. The molecule has 0 aromatic rings. The zero-order valence-electron chi connectivity index (χ0n) is 10.1. The Morgan fingerprint density at radius 2 is 2.40 bits per heavy atom. The molecule has 1 aliphatic heterocycles. The normalized spacial score (nSPS) is 21.9. The number of likely N-dealkylation sites (N-methyl/N-ethyl adjacent to an activating group) is 2. The van der Waals surface area contributed by atoms with Crippen molar-refractivity contribution in [2.24, 2.45) is 5.92 Å². The fourth-order valence-corrected chi connectivity index (χ4v) is 2.14. The molecule has 88 valence electrons. The van der Waals surface area contributed by atoms with Crippen molar-refractivity contribution in [2.45, 2.75) is 12.8 Å². The van der Waals surface area contributed by atoms with Crippen LogP contribution in [-0.4, -0.2) is 51.8 Å². The number of hydrogen-bond donors (Lipinski definition) is 1. The van der Waals surface area contributed by atoms with Crippen molar-refractivity contribution < 1.29 is 4.74 Å². The maximum Gasteiger partial charge on any atom is 0.0506 e. The van der Waals surface area contributed by atoms with Gasteiger partial charge in [0.15, 0.2) is 0 Å². The summed E-state index contributed by atoms with van der Waals surface area (Å²) in [6.07, 6.45) is 2.53. The first-order chi connectivity index (χ1) is 7.22. The van der Waals surface area contributed by atoms with E-state index in [1.54, 1.807) is 0 Å². The Morgan fingerprint density at radius 1 is 1.60 bits per heavy atom. The molecule has 3 heteroatoms. The summed E-state index contributed by atoms with van der Waals surface area (Å²) in [6, 6.07) is 0. The van der Waals surface area contributed by atoms with E-state index in [9.17, 15) is 0 Å². The molecule has 3 nitrogen and oxygen atoms in total. The van der Waals surface area contributed by atoms with Gasteiger partial charge in [0.2, 0.25) is 0 Å². The minimum absolute atomic E-state index is 0.714. The summed E-state index contributed by atoms with van der Waals surface area (Å²) in [6.45, 7) is 8.95. The van der Waals surface area contributed by atoms with E-state index >= 15 is 0 Å². The minimum Gasteiger partial charge on any atom is -0.381 e. The highest BCUT2D eigenvalue weighted by Crippen LogP contribution is 2.14. The van der Waals surface area contributed by atoms with Crippen LogP contribution in [0.2, 0.25) is 0 Å². The Hall–Kier alpha value is -0.380. The van der Waals surface area contributed by atoms with Gasteiger partial charge in [-0.05, 0) is 38.4 Å². The number of nitrogens with one attached hydrogen (secondary N) is 1. The Morgan fingerprint density at radius 3 is 3.00 bits per heavy atom. The second-order valence-electron chi connectivity index (χ2n) is 4.56. The smallest absolute Gasteiger partial charge is 0.0506 e. The fourth-order valence-electron chi connectivity index (χ4n) is 2.14. The molecule has 0 saturated carbocycles. The van der Waals surface area contributed by atoms with Crippen molar-refractivity contribution in [1.29, 1.82) is 0 Å². The molecular formula is C12H24N2O. The topological polar surface area (TPSA) is 24.5 Å². The average Bonchev–Trinajstić information content (AvgIpc) is 2.19. The van der Waals surface area contributed by atoms with E-state index in [0.717, 1.165) is 32.8 Å². The van der Waals surface area contributed by atoms with E-state index in [1.807, 2.05) is 7.05 Å². The lowest BCUT2D eigenvalue weighted by Crippen LogP contribution is -2.33. The lowest BCUT2D eigenvalue weighted by atomic mass is 10.0. The van der Waals surface area contributed by atoms with E-state index < -0.39 is 0 Å². The van der Waals surface area contributed by atoms with Crippen molar-refractivity contribution in [2.75, 3.05) is 46.9 Å². The number of ether oxygens (including phenoxy) is 1. The Balaban J connectivity index is 2.16. The molecule has 0 amide bonds. The predicted octanol–water partition coefficient (Wildman–Crippen LogP) is 1.12. The summed E-state index contributed by atoms with van der Waals surface area (Å²) in [7, 11) is 4.12. The van der Waals surface area contributed by atoms with Gasteiger partial charge in [-0.15, -0.1) is 0 Å². The highest BCUT2D eigenvalue weighted by Gasteiger charge is 2.15. The zero-order chi connectivity index (χ0) is 11.1. The average molecular weight is 212 g/mol. The number of rotatable bonds is 6. The molecule has 1 unspecified atom stereocenters. The van der Waals surface area contributed by atoms with Crippen molar-refractivity contribution in [3.63, 3.8) is 0 Å². The van der Waals surface area contributed by atoms with E-state index in [0.29, 0.717) is 5.92 Å². The molecule has 0 aromatic carbocycles. The summed E-state index contributed by atoms with van der Waals surface area (Å²) in [5.74, 6) is 0.714. The second kappa shape index (κ2) is 6.99. The lowest BCUT2D eigenvalue weighted by molar-refractivity contribution is 0.0431. The first-order valence-corrected chi connectivity index (χ1v) is 5.80. The third-order valence-electron chi connectivity index (χ3n) is 2.74. The van der Waals surface area contributed by atoms with Gasteiger partial charge in [0.25, 0.3) is 0 Å². The van der Waals surface area contributed by atoms with Crippen LogP contribution in [0.25, 0.3) is 0 Å². The zero-order valence-corrected chi connectivity index (χ0v) is 10.1. The molecule has 0 radical (unpaired) electrons. The van der Waals surface area contributed by atoms with Gasteiger partial charge in [-0.1, -0.05) is 6.58 Å². The van der Waals surface area contributed by atoms with Crippen LogP contribution < -0.4 is 5.32 Å². The molecule has 1 N–H and O–H groups in total. The molecule has 1 saturated heterocycles. The maximum atomic E-state index is 5.47. The molecule has 15 heavy (non-hydrogen) atoms. The Bertz CT molecular complexity index is 188. The molecule has 0 aromatic heterocycles. The van der Waals surface area contributed by atoms with Crippen LogP contribution in [0.15, 0.2) is 12.2 Å². The largest absolute Gasteiger partial charge is 0.381 e. The Kier molecular flexibility index (Phi) is 5.91. The molecule has 0 spiro atoms. The van der Waals surface area contributed by atoms with Gasteiger partial charge in [-0.3, -0.25) is 0 Å². The third-order valence-corrected chi connectivity index (χ3v) is 2.74. The van der Waals surface area contributed by atoms with Crippen LogP contribution in [0, 0.1) is 5.92 Å². The van der Waals surface area contributed by atoms with Gasteiger partial charge in [-0.25, -0.2) is 0 Å². The third kappa shape index (κ3) is 5.30. The highest BCUT2D eigenvalue weighted by atomic mass is 16.5. The summed E-state index contributed by atoms with van der Waals surface area (Å²) in [4.78, 5) is 2.35. The predicted molar refractivity (Wildman–Crippen MR) is 64.1 cm³/mol. The fraction of sp³-hybridized carbons (Fsp3) is 0.833. The maximum absolute atomic E-state index is 5.47. The van der Waals surface area contributed by atoms with Gasteiger partial charge in [0.05, 0.1) is 6.61 Å². The van der Waals surface area contributed by atoms with Crippen molar-refractivity contribution in [3.05, 3.63) is 12.2 Å². The Labute approximate surface area is 93.5 Å². The van der Waals surface area contributed by atoms with Crippen LogP contribution in [0.1, 0.15) is 12.8 Å². The van der Waals surface area contributed by atoms with E-state index in [2.05, 4.69) is 23.8 Å². The summed E-state index contributed by atoms with van der Waals surface area (Å²) in [5, 5.41) is 3.13. The van der Waals surface area contributed by atoms with Crippen LogP contribution in [0.5, 0.6) is 0 Å². The first-order valence-electron chi connectivity index (χ1n) is 5.80. The first kappa shape index (κ1) is 12.7. The lowest BCUT2D eigenvalue weighted by Gasteiger charge is -2.27. The van der Waals surface area contributed by atoms with Gasteiger partial charge in [0, 0.05) is 26.2 Å². The molecule has 1 aliphatic rings. The summed E-state index contributed by atoms with van der Waals surface area (Å²) in [5.41, 5.74) is 1.25. The molecule has 0 aliphatic carbocycles. The van der Waals surface area contributed by atoms with E-state index in [-0.39, 0.29) is 0 Å². The standard InChI is InChI=1S/C12H24N2O/c1-11(7-13-2)8-14(3)9-12-5-4-6-15-10-12/h12-13H,1,4-10H2,2-3H3. The molecular weight excluding hydrogens is 188 g/mol. The van der Waals surface area contributed by atoms with Crippen molar-refractivity contribution in [3.8, 4) is 0 Å². The van der Waals surface area contributed by atoms with Gasteiger partial charge in [0.1, 0.15) is 0 Å². The molecule has 1 atom stereocenters. The molecule has 1 fully saturated rings. The highest BCUT2D eigenvalue weighted by molar-refractivity contribution is 4.99. The van der Waals surface area contributed by atoms with Crippen molar-refractivity contribution >= 4 is 0 Å². The quantitative estimate of drug-likeness (QED) is 0.668. The molecule has 1 rings (SSSR count). The molecule has 0 bridgehead atoms. The number of hydrogen-bond acceptors (Lipinski definition) is 3. The van der Waals surface area contributed by atoms with Gasteiger partial charge >= 0.3 is 0 Å². The van der Waals surface area contributed by atoms with E-state index in [1.165, 1.54) is 18.4 Å². The summed E-state index contributed by atoms with van der Waals surface area (Å²) < 4.78 is 5.47. The van der Waals surface area contributed by atoms with E-state index in [4.69, 9.17) is 4.74 Å². The van der Waals surface area contributed by atoms with Crippen LogP contribution >= 0.6 is 0 Å². The minimum atomic E-state index is 0.714. The van der Waals surface area contributed by atoms with Gasteiger partial charge < -0.3 is 15.0 Å². The number of nitrogens with zero attached hydrogens (tertiary/aromatic N) is 1. The van der Waals surface area contributed by atoms with Crippen LogP contribution in [0.4, 0.5) is 0 Å². The van der Waals surface area contributed by atoms with Crippen LogP contribution in [0.3, 0.4) is 0 Å². The van der Waals surface area contributed by atoms with Gasteiger partial charge in [-0.2, -0.15) is 0 Å². The SMILES string of the molecule is C=C(CNC)CN(C)CC1CCCOC1. The monoisotopic (exact) mass is 212 g/mol. The molecule has 1 heterocycles. The second-order valence-corrected chi connectivity index (χ2v) is 4.56.